The monoisotopic (exact) mass is 354 g/mol. The van der Waals surface area contributed by atoms with E-state index >= 15 is 0 Å². The zero-order chi connectivity index (χ0) is 18.6. The van der Waals surface area contributed by atoms with Gasteiger partial charge in [0.2, 0.25) is 11.8 Å². The highest BCUT2D eigenvalue weighted by atomic mass is 16.2. The van der Waals surface area contributed by atoms with Crippen LogP contribution in [0.2, 0.25) is 0 Å². The summed E-state index contributed by atoms with van der Waals surface area (Å²) in [5.74, 6) is 0.902. The Morgan fingerprint density at radius 3 is 2.38 bits per heavy atom. The van der Waals surface area contributed by atoms with Gasteiger partial charge in [0.1, 0.15) is 0 Å². The maximum atomic E-state index is 13.7. The van der Waals surface area contributed by atoms with Gasteiger partial charge in [-0.15, -0.1) is 0 Å². The van der Waals surface area contributed by atoms with Gasteiger partial charge >= 0.3 is 0 Å². The van der Waals surface area contributed by atoms with Crippen molar-refractivity contribution in [2.45, 2.75) is 44.4 Å². The molecule has 1 unspecified atom stereocenters. The van der Waals surface area contributed by atoms with Crippen LogP contribution in [-0.4, -0.2) is 47.8 Å². The predicted octanol–water partition coefficient (Wildman–Crippen LogP) is 3.38. The number of piperidine rings is 1. The van der Waals surface area contributed by atoms with Crippen LogP contribution in [0.4, 0.5) is 0 Å². The van der Waals surface area contributed by atoms with Crippen molar-refractivity contribution in [3.8, 4) is 0 Å². The Bertz CT molecular complexity index is 647. The van der Waals surface area contributed by atoms with Gasteiger partial charge in [-0.05, 0) is 49.7 Å². The lowest BCUT2D eigenvalue weighted by molar-refractivity contribution is -0.141. The summed E-state index contributed by atoms with van der Waals surface area (Å²) >= 11 is 0. The van der Waals surface area contributed by atoms with Crippen LogP contribution in [0.25, 0.3) is 0 Å². The summed E-state index contributed by atoms with van der Waals surface area (Å²) in [6, 6.07) is 10.2. The number of benzene rings is 1. The molecule has 3 rings (SSSR count). The van der Waals surface area contributed by atoms with Crippen LogP contribution < -0.4 is 0 Å². The third-order valence-electron chi connectivity index (χ3n) is 6.14. The van der Waals surface area contributed by atoms with E-state index in [9.17, 15) is 9.59 Å². The number of amides is 2. The van der Waals surface area contributed by atoms with Gasteiger partial charge in [-0.3, -0.25) is 9.59 Å². The topological polar surface area (TPSA) is 40.6 Å². The van der Waals surface area contributed by atoms with Crippen molar-refractivity contribution < 1.29 is 9.59 Å². The molecule has 1 atom stereocenters. The van der Waals surface area contributed by atoms with Gasteiger partial charge in [0.25, 0.3) is 0 Å². The lowest BCUT2D eigenvalue weighted by Gasteiger charge is -2.43. The van der Waals surface area contributed by atoms with Gasteiger partial charge < -0.3 is 9.80 Å². The molecule has 1 aromatic rings. The van der Waals surface area contributed by atoms with Crippen LogP contribution in [0, 0.1) is 5.92 Å². The van der Waals surface area contributed by atoms with Crippen molar-refractivity contribution in [3.05, 3.63) is 48.6 Å². The Hall–Kier alpha value is -2.10. The lowest BCUT2D eigenvalue weighted by Crippen LogP contribution is -2.54. The van der Waals surface area contributed by atoms with E-state index in [0.717, 1.165) is 31.5 Å². The summed E-state index contributed by atoms with van der Waals surface area (Å²) in [5.41, 5.74) is 0.584. The van der Waals surface area contributed by atoms with Crippen LogP contribution in [0.1, 0.15) is 44.6 Å². The minimum absolute atomic E-state index is 0.0392. The zero-order valence-electron chi connectivity index (χ0n) is 15.8. The molecule has 0 spiro atoms. The van der Waals surface area contributed by atoms with Gasteiger partial charge in [0.15, 0.2) is 0 Å². The Balaban J connectivity index is 1.86. The quantitative estimate of drug-likeness (QED) is 0.781. The minimum atomic E-state index is -0.507. The smallest absolute Gasteiger partial charge is 0.245 e. The molecule has 4 nitrogen and oxygen atoms in total. The molecule has 2 fully saturated rings. The first-order valence-electron chi connectivity index (χ1n) is 9.83. The van der Waals surface area contributed by atoms with E-state index in [0.29, 0.717) is 31.8 Å². The third kappa shape index (κ3) is 3.69. The van der Waals surface area contributed by atoms with Crippen LogP contribution in [-0.2, 0) is 15.0 Å². The molecule has 0 radical (unpaired) electrons. The van der Waals surface area contributed by atoms with E-state index in [1.807, 2.05) is 23.1 Å². The number of rotatable bonds is 3. The molecular formula is C22H30N2O2. The van der Waals surface area contributed by atoms with E-state index in [-0.39, 0.29) is 11.8 Å². The fourth-order valence-corrected chi connectivity index (χ4v) is 4.39. The van der Waals surface area contributed by atoms with Crippen LogP contribution in [0.3, 0.4) is 0 Å². The SMILES string of the molecule is C=CC(=O)N1CCC(C(=O)N2CCCC(C)CC2)(c2ccccc2)CC1. The summed E-state index contributed by atoms with van der Waals surface area (Å²) in [4.78, 5) is 29.6. The van der Waals surface area contributed by atoms with Gasteiger partial charge in [0.05, 0.1) is 5.41 Å². The molecule has 2 saturated heterocycles. The summed E-state index contributed by atoms with van der Waals surface area (Å²) in [6.45, 7) is 8.79. The van der Waals surface area contributed by atoms with Crippen molar-refractivity contribution >= 4 is 11.8 Å². The first kappa shape index (κ1) is 18.7. The maximum Gasteiger partial charge on any atom is 0.245 e. The number of carbonyl (C=O) groups excluding carboxylic acids is 2. The predicted molar refractivity (Wildman–Crippen MR) is 104 cm³/mol. The number of nitrogens with zero attached hydrogens (tertiary/aromatic N) is 2. The summed E-state index contributed by atoms with van der Waals surface area (Å²) in [7, 11) is 0. The van der Waals surface area contributed by atoms with Gasteiger partial charge in [0, 0.05) is 26.2 Å². The largest absolute Gasteiger partial charge is 0.342 e. The molecular weight excluding hydrogens is 324 g/mol. The summed E-state index contributed by atoms with van der Waals surface area (Å²) in [5, 5.41) is 0. The average molecular weight is 354 g/mol. The van der Waals surface area contributed by atoms with E-state index < -0.39 is 5.41 Å². The number of carbonyl (C=O) groups is 2. The first-order valence-corrected chi connectivity index (χ1v) is 9.83. The normalized spacial score (nSPS) is 23.2. The van der Waals surface area contributed by atoms with Crippen LogP contribution in [0.15, 0.2) is 43.0 Å². The molecule has 0 aromatic heterocycles. The molecule has 2 aliphatic heterocycles. The Kier molecular flexibility index (Phi) is 5.80. The molecule has 0 bridgehead atoms. The second-order valence-electron chi connectivity index (χ2n) is 7.81. The highest BCUT2D eigenvalue weighted by Crippen LogP contribution is 2.38. The molecule has 26 heavy (non-hydrogen) atoms. The molecule has 2 heterocycles. The van der Waals surface area contributed by atoms with E-state index in [4.69, 9.17) is 0 Å². The zero-order valence-corrected chi connectivity index (χ0v) is 15.8. The van der Waals surface area contributed by atoms with Crippen LogP contribution in [0.5, 0.6) is 0 Å². The van der Waals surface area contributed by atoms with E-state index in [1.165, 1.54) is 12.5 Å². The van der Waals surface area contributed by atoms with E-state index in [1.54, 1.807) is 0 Å². The summed E-state index contributed by atoms with van der Waals surface area (Å²) in [6.07, 6.45) is 6.09. The fourth-order valence-electron chi connectivity index (χ4n) is 4.39. The second kappa shape index (κ2) is 8.07. The number of hydrogen-bond acceptors (Lipinski definition) is 2. The van der Waals surface area contributed by atoms with Crippen LogP contribution >= 0.6 is 0 Å². The molecule has 4 heteroatoms. The molecule has 0 aliphatic carbocycles. The average Bonchev–Trinajstić information content (AvgIpc) is 2.92. The van der Waals surface area contributed by atoms with Gasteiger partial charge in [-0.25, -0.2) is 0 Å². The second-order valence-corrected chi connectivity index (χ2v) is 7.81. The van der Waals surface area contributed by atoms with Gasteiger partial charge in [-0.2, -0.15) is 0 Å². The molecule has 0 N–H and O–H groups in total. The van der Waals surface area contributed by atoms with Crippen molar-refractivity contribution in [2.24, 2.45) is 5.92 Å². The molecule has 2 aliphatic rings. The Morgan fingerprint density at radius 1 is 1.04 bits per heavy atom. The van der Waals surface area contributed by atoms with E-state index in [2.05, 4.69) is 30.5 Å². The molecule has 1 aromatic carbocycles. The number of likely N-dealkylation sites (tertiary alicyclic amines) is 2. The lowest BCUT2D eigenvalue weighted by atomic mass is 9.71. The molecule has 140 valence electrons. The first-order chi connectivity index (χ1) is 12.6. The highest BCUT2D eigenvalue weighted by molar-refractivity contribution is 5.90. The van der Waals surface area contributed by atoms with Crippen molar-refractivity contribution in [3.63, 3.8) is 0 Å². The fraction of sp³-hybridized carbons (Fsp3) is 0.545. The molecule has 0 saturated carbocycles. The van der Waals surface area contributed by atoms with Crippen molar-refractivity contribution in [2.75, 3.05) is 26.2 Å². The van der Waals surface area contributed by atoms with Crippen molar-refractivity contribution in [1.29, 1.82) is 0 Å². The minimum Gasteiger partial charge on any atom is -0.342 e. The maximum absolute atomic E-state index is 13.7. The summed E-state index contributed by atoms with van der Waals surface area (Å²) < 4.78 is 0. The van der Waals surface area contributed by atoms with Gasteiger partial charge in [-0.1, -0.05) is 43.8 Å². The Labute approximate surface area is 156 Å². The molecule has 2 amide bonds. The number of hydrogen-bond donors (Lipinski definition) is 0. The highest BCUT2D eigenvalue weighted by Gasteiger charge is 2.45. The Morgan fingerprint density at radius 2 is 1.73 bits per heavy atom. The third-order valence-corrected chi connectivity index (χ3v) is 6.14. The van der Waals surface area contributed by atoms with Crippen molar-refractivity contribution in [1.82, 2.24) is 9.80 Å². The standard InChI is InChI=1S/C22H30N2O2/c1-3-20(25)23-16-12-22(13-17-23,19-9-5-4-6-10-19)21(26)24-14-7-8-18(2)11-15-24/h3-6,9-10,18H,1,7-8,11-17H2,2H3.